The quantitative estimate of drug-likeness (QED) is 0.245. The summed E-state index contributed by atoms with van der Waals surface area (Å²) in [5, 5.41) is 0. The van der Waals surface area contributed by atoms with Gasteiger partial charge in [0.15, 0.2) is 0 Å². The van der Waals surface area contributed by atoms with Crippen LogP contribution < -0.4 is 0 Å². The van der Waals surface area contributed by atoms with Crippen molar-refractivity contribution in [2.45, 2.75) is 85.0 Å². The van der Waals surface area contributed by atoms with E-state index < -0.39 is 0 Å². The summed E-state index contributed by atoms with van der Waals surface area (Å²) in [6, 6.07) is 0. The van der Waals surface area contributed by atoms with E-state index in [1.54, 1.807) is 6.20 Å². The average Bonchev–Trinajstić information content (AvgIpc) is 2.65. The number of hydrogen-bond donors (Lipinski definition) is 0. The van der Waals surface area contributed by atoms with Crippen LogP contribution in [0.15, 0.2) is 15.3 Å². The maximum absolute atomic E-state index is 5.03. The maximum atomic E-state index is 5.03. The molecule has 0 bridgehead atoms. The van der Waals surface area contributed by atoms with Gasteiger partial charge in [-0.1, -0.05) is 65.7 Å². The minimum absolute atomic E-state index is 0.690. The van der Waals surface area contributed by atoms with Crippen LogP contribution in [0, 0.1) is 5.92 Å². The van der Waals surface area contributed by atoms with Crippen molar-refractivity contribution in [1.82, 2.24) is 15.0 Å². The van der Waals surface area contributed by atoms with Gasteiger partial charge in [0, 0.05) is 6.20 Å². The Morgan fingerprint density at radius 1 is 0.885 bits per heavy atom. The lowest BCUT2D eigenvalue weighted by Crippen LogP contribution is -2.10. The average molecular weight is 485 g/mol. The molecule has 0 spiro atoms. The molecule has 1 atom stereocenters. The third-order valence-corrected chi connectivity index (χ3v) is 6.22. The summed E-state index contributed by atoms with van der Waals surface area (Å²) in [5.74, 6) is 0.690. The molecule has 144 valence electrons. The molecule has 0 fully saturated rings. The van der Waals surface area contributed by atoms with Gasteiger partial charge in [0.05, 0.1) is 15.9 Å². The number of hydrogen-bond acceptors (Lipinski definition) is 3. The second kappa shape index (κ2) is 11.3. The molecule has 3 nitrogen and oxygen atoms in total. The first-order chi connectivity index (χ1) is 12.6. The Morgan fingerprint density at radius 2 is 1.62 bits per heavy atom. The number of pyridine rings is 1. The van der Waals surface area contributed by atoms with Crippen molar-refractivity contribution in [1.29, 1.82) is 0 Å². The fourth-order valence-electron chi connectivity index (χ4n) is 3.35. The molecule has 0 radical (unpaired) electrons. The predicted molar refractivity (Wildman–Crippen MR) is 118 cm³/mol. The van der Waals surface area contributed by atoms with Crippen LogP contribution >= 0.6 is 31.9 Å². The van der Waals surface area contributed by atoms with Crippen LogP contribution in [0.25, 0.3) is 11.0 Å². The largest absolute Gasteiger partial charge is 0.248 e. The number of aromatic nitrogens is 3. The molecule has 1 unspecified atom stereocenters. The number of fused-ring (bicyclic) bond motifs is 1. The van der Waals surface area contributed by atoms with Crippen LogP contribution in [0.2, 0.25) is 0 Å². The number of halogens is 2. The number of aryl methyl sites for hydroxylation is 1. The van der Waals surface area contributed by atoms with Crippen LogP contribution in [0.1, 0.15) is 83.5 Å². The van der Waals surface area contributed by atoms with Crippen LogP contribution in [-0.4, -0.2) is 15.0 Å². The molecule has 0 aliphatic heterocycles. The Labute approximate surface area is 175 Å². The SMILES string of the molecule is CCCCCCc1nc2c(Br)cnc(Br)c2nc1CC(CC)CCCC. The molecule has 2 heterocycles. The Kier molecular flexibility index (Phi) is 9.48. The molecule has 2 aromatic heterocycles. The van der Waals surface area contributed by atoms with Crippen molar-refractivity contribution in [3.63, 3.8) is 0 Å². The maximum Gasteiger partial charge on any atom is 0.133 e. The first kappa shape index (κ1) is 21.7. The second-order valence-corrected chi connectivity index (χ2v) is 8.75. The van der Waals surface area contributed by atoms with Crippen LogP contribution in [0.4, 0.5) is 0 Å². The van der Waals surface area contributed by atoms with E-state index in [-0.39, 0.29) is 0 Å². The fraction of sp³-hybridized carbons (Fsp3) is 0.667. The van der Waals surface area contributed by atoms with E-state index >= 15 is 0 Å². The van der Waals surface area contributed by atoms with Crippen LogP contribution in [-0.2, 0) is 12.8 Å². The molecule has 0 aliphatic carbocycles. The van der Waals surface area contributed by atoms with Crippen LogP contribution in [0.5, 0.6) is 0 Å². The van der Waals surface area contributed by atoms with E-state index in [0.717, 1.165) is 33.0 Å². The summed E-state index contributed by atoms with van der Waals surface area (Å²) in [6.45, 7) is 6.81. The summed E-state index contributed by atoms with van der Waals surface area (Å²) in [5.41, 5.74) is 4.15. The first-order valence-electron chi connectivity index (χ1n) is 10.1. The van der Waals surface area contributed by atoms with E-state index in [2.05, 4.69) is 57.6 Å². The first-order valence-corrected chi connectivity index (χ1v) is 11.7. The van der Waals surface area contributed by atoms with Gasteiger partial charge < -0.3 is 0 Å². The van der Waals surface area contributed by atoms with Gasteiger partial charge in [-0.2, -0.15) is 0 Å². The topological polar surface area (TPSA) is 38.7 Å². The fourth-order valence-corrected chi connectivity index (χ4v) is 4.11. The number of nitrogens with zero attached hydrogens (tertiary/aromatic N) is 3. The minimum Gasteiger partial charge on any atom is -0.248 e. The lowest BCUT2D eigenvalue weighted by Gasteiger charge is -2.17. The van der Waals surface area contributed by atoms with Gasteiger partial charge in [0.2, 0.25) is 0 Å². The molecule has 0 saturated heterocycles. The van der Waals surface area contributed by atoms with E-state index in [1.165, 1.54) is 62.8 Å². The van der Waals surface area contributed by atoms with Gasteiger partial charge in [0.1, 0.15) is 15.6 Å². The van der Waals surface area contributed by atoms with Crippen molar-refractivity contribution < 1.29 is 0 Å². The minimum atomic E-state index is 0.690. The van der Waals surface area contributed by atoms with Gasteiger partial charge in [-0.25, -0.2) is 15.0 Å². The normalized spacial score (nSPS) is 12.7. The van der Waals surface area contributed by atoms with E-state index in [9.17, 15) is 0 Å². The number of rotatable bonds is 11. The van der Waals surface area contributed by atoms with E-state index in [0.29, 0.717) is 5.92 Å². The highest BCUT2D eigenvalue weighted by molar-refractivity contribution is 9.11. The predicted octanol–water partition coefficient (Wildman–Crippen LogP) is 7.43. The second-order valence-electron chi connectivity index (χ2n) is 7.14. The third-order valence-electron chi connectivity index (χ3n) is 5.06. The highest BCUT2D eigenvalue weighted by Gasteiger charge is 2.17. The Hall–Kier alpha value is -0.550. The molecule has 0 N–H and O–H groups in total. The van der Waals surface area contributed by atoms with E-state index in [4.69, 9.17) is 9.97 Å². The van der Waals surface area contributed by atoms with E-state index in [1.807, 2.05) is 0 Å². The smallest absolute Gasteiger partial charge is 0.133 e. The highest BCUT2D eigenvalue weighted by atomic mass is 79.9. The molecule has 2 rings (SSSR count). The van der Waals surface area contributed by atoms with Crippen molar-refractivity contribution in [3.05, 3.63) is 26.7 Å². The van der Waals surface area contributed by atoms with Gasteiger partial charge in [-0.15, -0.1) is 0 Å². The van der Waals surface area contributed by atoms with Gasteiger partial charge in [0.25, 0.3) is 0 Å². The molecule has 5 heteroatoms. The van der Waals surface area contributed by atoms with Gasteiger partial charge in [-0.3, -0.25) is 0 Å². The van der Waals surface area contributed by atoms with Crippen molar-refractivity contribution >= 4 is 42.9 Å². The molecule has 26 heavy (non-hydrogen) atoms. The molecule has 0 amide bonds. The third kappa shape index (κ3) is 5.98. The molecular weight excluding hydrogens is 454 g/mol. The lowest BCUT2D eigenvalue weighted by molar-refractivity contribution is 0.443. The Morgan fingerprint density at radius 3 is 2.31 bits per heavy atom. The molecular formula is C21H31Br2N3. The Bertz CT molecular complexity index is 703. The summed E-state index contributed by atoms with van der Waals surface area (Å²) < 4.78 is 1.70. The zero-order chi connectivity index (χ0) is 18.9. The summed E-state index contributed by atoms with van der Waals surface area (Å²) >= 11 is 7.15. The monoisotopic (exact) mass is 483 g/mol. The summed E-state index contributed by atoms with van der Waals surface area (Å²) in [4.78, 5) is 14.4. The van der Waals surface area contributed by atoms with Crippen molar-refractivity contribution in [2.75, 3.05) is 0 Å². The molecule has 0 aliphatic rings. The highest BCUT2D eigenvalue weighted by Crippen LogP contribution is 2.28. The standard InChI is InChI=1S/C21H31Br2N3/c1-4-7-9-10-12-17-18(13-15(6-3)11-8-5-2)26-20-19(25-17)16(22)14-24-21(20)23/h14-15H,4-13H2,1-3H3. The Balaban J connectivity index is 2.34. The molecule has 2 aromatic rings. The zero-order valence-corrected chi connectivity index (χ0v) is 19.5. The van der Waals surface area contributed by atoms with Crippen molar-refractivity contribution in [3.8, 4) is 0 Å². The number of unbranched alkanes of at least 4 members (excludes halogenated alkanes) is 4. The summed E-state index contributed by atoms with van der Waals surface area (Å²) in [6.07, 6.45) is 13.9. The molecule has 0 aromatic carbocycles. The van der Waals surface area contributed by atoms with Crippen molar-refractivity contribution in [2.24, 2.45) is 5.92 Å². The lowest BCUT2D eigenvalue weighted by atomic mass is 9.92. The summed E-state index contributed by atoms with van der Waals surface area (Å²) in [7, 11) is 0. The zero-order valence-electron chi connectivity index (χ0n) is 16.3. The van der Waals surface area contributed by atoms with Gasteiger partial charge >= 0.3 is 0 Å². The van der Waals surface area contributed by atoms with Crippen LogP contribution in [0.3, 0.4) is 0 Å². The molecule has 0 saturated carbocycles. The van der Waals surface area contributed by atoms with Gasteiger partial charge in [-0.05, 0) is 57.0 Å².